The van der Waals surface area contributed by atoms with Crippen molar-refractivity contribution < 1.29 is 33.8 Å². The summed E-state index contributed by atoms with van der Waals surface area (Å²) in [5.74, 6) is 0.717. The fourth-order valence-corrected chi connectivity index (χ4v) is 4.72. The van der Waals surface area contributed by atoms with E-state index in [2.05, 4.69) is 0 Å². The van der Waals surface area contributed by atoms with Gasteiger partial charge in [-0.1, -0.05) is 92.7 Å². The molecule has 3 aromatic rings. The molecule has 2 N–H and O–H groups in total. The molecule has 4 rings (SSSR count). The molecule has 1 aliphatic rings. The predicted molar refractivity (Wildman–Crippen MR) is 176 cm³/mol. The van der Waals surface area contributed by atoms with Crippen molar-refractivity contribution in [3.8, 4) is 0 Å². The Morgan fingerprint density at radius 1 is 0.956 bits per heavy atom. The highest BCUT2D eigenvalue weighted by molar-refractivity contribution is 6.60. The summed E-state index contributed by atoms with van der Waals surface area (Å²) >= 11 is 0. The molecule has 3 aromatic carbocycles. The van der Waals surface area contributed by atoms with E-state index in [-0.39, 0.29) is 48.9 Å². The molecule has 0 saturated carbocycles. The van der Waals surface area contributed by atoms with Gasteiger partial charge in [0.2, 0.25) is 0 Å². The Bertz CT molecular complexity index is 1560. The minimum atomic E-state index is -1.27. The molecular formula is C37H41BO7. The maximum atomic E-state index is 14.0. The van der Waals surface area contributed by atoms with Gasteiger partial charge >= 0.3 is 7.12 Å². The summed E-state index contributed by atoms with van der Waals surface area (Å²) in [5.41, 5.74) is 3.06. The van der Waals surface area contributed by atoms with Gasteiger partial charge in [0.05, 0.1) is 5.60 Å². The molecule has 0 aliphatic heterocycles. The molecule has 0 fully saturated rings. The number of ether oxygens (including phenoxy) is 2. The standard InChI is InChI=1S/C37H41BO7/c1-26(2)37(3,4)45-38(42)31-16-17-32(30(21-31)23-40)36(41)29-15-18-34(43-24-27-11-7-5-8-12-27)33(19-20-39)35(22-29)44-25-28-13-9-6-10-14-28/h5-14,16-18,21-23,26,39,42H,15,19-20,24-25H2,1-4H3. The maximum absolute atomic E-state index is 14.0. The van der Waals surface area contributed by atoms with Crippen LogP contribution in [0.15, 0.2) is 114 Å². The van der Waals surface area contributed by atoms with E-state index in [0.29, 0.717) is 41.0 Å². The predicted octanol–water partition coefficient (Wildman–Crippen LogP) is 6.10. The Morgan fingerprint density at radius 2 is 1.58 bits per heavy atom. The number of rotatable bonds is 15. The Kier molecular flexibility index (Phi) is 11.7. The number of hydrogen-bond donors (Lipinski definition) is 2. The van der Waals surface area contributed by atoms with E-state index in [0.717, 1.165) is 11.1 Å². The molecule has 7 nitrogen and oxygen atoms in total. The molecule has 0 saturated heterocycles. The van der Waals surface area contributed by atoms with Gasteiger partial charge in [-0.15, -0.1) is 0 Å². The number of allylic oxidation sites excluding steroid dienone is 4. The number of aldehydes is 1. The number of Topliss-reactive ketones (excluding diaryl/α,β-unsaturated/α-hetero) is 1. The summed E-state index contributed by atoms with van der Waals surface area (Å²) in [4.78, 5) is 26.2. The first-order valence-corrected chi connectivity index (χ1v) is 15.2. The molecule has 1 aliphatic carbocycles. The number of ketones is 1. The van der Waals surface area contributed by atoms with Gasteiger partial charge in [-0.3, -0.25) is 9.59 Å². The van der Waals surface area contributed by atoms with Crippen molar-refractivity contribution >= 4 is 24.7 Å². The molecule has 0 radical (unpaired) electrons. The second-order valence-electron chi connectivity index (χ2n) is 11.8. The van der Waals surface area contributed by atoms with Gasteiger partial charge < -0.3 is 24.3 Å². The third kappa shape index (κ3) is 8.91. The Labute approximate surface area is 266 Å². The van der Waals surface area contributed by atoms with Crippen LogP contribution in [0.2, 0.25) is 0 Å². The van der Waals surface area contributed by atoms with Crippen molar-refractivity contribution in [2.24, 2.45) is 5.92 Å². The molecule has 0 unspecified atom stereocenters. The summed E-state index contributed by atoms with van der Waals surface area (Å²) < 4.78 is 18.4. The Hall–Kier alpha value is -4.24. The highest BCUT2D eigenvalue weighted by Gasteiger charge is 2.31. The van der Waals surface area contributed by atoms with Crippen molar-refractivity contribution in [1.29, 1.82) is 0 Å². The van der Waals surface area contributed by atoms with Crippen LogP contribution in [0.1, 0.15) is 72.4 Å². The summed E-state index contributed by atoms with van der Waals surface area (Å²) in [6.45, 7) is 8.16. The summed E-state index contributed by atoms with van der Waals surface area (Å²) in [6, 6.07) is 24.0. The molecule has 0 atom stereocenters. The fraction of sp³-hybridized carbons (Fsp3) is 0.297. The van der Waals surface area contributed by atoms with Gasteiger partial charge in [-0.2, -0.15) is 0 Å². The van der Waals surface area contributed by atoms with Crippen molar-refractivity contribution in [3.05, 3.63) is 136 Å². The number of hydrogen-bond acceptors (Lipinski definition) is 7. The maximum Gasteiger partial charge on any atom is 0.491 e. The van der Waals surface area contributed by atoms with Crippen LogP contribution in [0.4, 0.5) is 0 Å². The second-order valence-corrected chi connectivity index (χ2v) is 11.8. The zero-order chi connectivity index (χ0) is 32.4. The number of benzene rings is 3. The second kappa shape index (κ2) is 15.7. The molecule has 0 spiro atoms. The van der Waals surface area contributed by atoms with E-state index >= 15 is 0 Å². The summed E-state index contributed by atoms with van der Waals surface area (Å²) in [5, 5.41) is 20.8. The number of carbonyl (C=O) groups is 2. The van der Waals surface area contributed by atoms with Crippen LogP contribution in [0.5, 0.6) is 0 Å². The highest BCUT2D eigenvalue weighted by Crippen LogP contribution is 2.31. The topological polar surface area (TPSA) is 102 Å². The average molecular weight is 609 g/mol. The smallest absolute Gasteiger partial charge is 0.489 e. The molecule has 234 valence electrons. The van der Waals surface area contributed by atoms with E-state index in [1.54, 1.807) is 18.2 Å². The normalized spacial score (nSPS) is 13.6. The minimum Gasteiger partial charge on any atom is -0.489 e. The van der Waals surface area contributed by atoms with Crippen LogP contribution in [-0.2, 0) is 27.3 Å². The SMILES string of the molecule is CC(C)C(C)(C)OB(O)c1ccc(C(=O)C2=CC(OCc3ccccc3)=C(CCO)C(OCc3ccccc3)=CC2)c(C=O)c1. The Morgan fingerprint density at radius 3 is 2.16 bits per heavy atom. The average Bonchev–Trinajstić information content (AvgIpc) is 3.22. The molecule has 0 heterocycles. The first-order valence-electron chi connectivity index (χ1n) is 15.2. The molecule has 0 bridgehead atoms. The monoisotopic (exact) mass is 608 g/mol. The van der Waals surface area contributed by atoms with Gasteiger partial charge in [0.25, 0.3) is 0 Å². The van der Waals surface area contributed by atoms with Crippen LogP contribution >= 0.6 is 0 Å². The van der Waals surface area contributed by atoms with Gasteiger partial charge in [0, 0.05) is 35.3 Å². The number of carbonyl (C=O) groups excluding carboxylic acids is 2. The molecule has 45 heavy (non-hydrogen) atoms. The lowest BCUT2D eigenvalue weighted by Crippen LogP contribution is -2.44. The Balaban J connectivity index is 1.68. The number of aliphatic hydroxyl groups excluding tert-OH is 1. The lowest BCUT2D eigenvalue weighted by molar-refractivity contribution is 0.0423. The van der Waals surface area contributed by atoms with E-state index in [1.165, 1.54) is 6.07 Å². The van der Waals surface area contributed by atoms with Crippen molar-refractivity contribution in [1.82, 2.24) is 0 Å². The van der Waals surface area contributed by atoms with E-state index in [4.69, 9.17) is 14.1 Å². The highest BCUT2D eigenvalue weighted by atomic mass is 16.5. The van der Waals surface area contributed by atoms with Gasteiger partial charge in [0.1, 0.15) is 24.7 Å². The zero-order valence-corrected chi connectivity index (χ0v) is 26.4. The van der Waals surface area contributed by atoms with Crippen molar-refractivity contribution in [2.45, 2.75) is 59.4 Å². The van der Waals surface area contributed by atoms with Gasteiger partial charge in [-0.05, 0) is 54.9 Å². The third-order valence-electron chi connectivity index (χ3n) is 8.07. The summed E-state index contributed by atoms with van der Waals surface area (Å²) in [6.07, 6.45) is 4.57. The minimum absolute atomic E-state index is 0.136. The lowest BCUT2D eigenvalue weighted by Gasteiger charge is -2.31. The van der Waals surface area contributed by atoms with Crippen LogP contribution in [0.3, 0.4) is 0 Å². The largest absolute Gasteiger partial charge is 0.491 e. The lowest BCUT2D eigenvalue weighted by atomic mass is 9.76. The van der Waals surface area contributed by atoms with Gasteiger partial charge in [0.15, 0.2) is 12.1 Å². The van der Waals surface area contributed by atoms with Gasteiger partial charge in [-0.25, -0.2) is 0 Å². The molecule has 0 aromatic heterocycles. The van der Waals surface area contributed by atoms with E-state index < -0.39 is 12.7 Å². The first kappa shape index (κ1) is 33.7. The van der Waals surface area contributed by atoms with E-state index in [1.807, 2.05) is 94.4 Å². The van der Waals surface area contributed by atoms with E-state index in [9.17, 15) is 19.7 Å². The quantitative estimate of drug-likeness (QED) is 0.122. The molecular weight excluding hydrogens is 567 g/mol. The van der Waals surface area contributed by atoms with Crippen LogP contribution in [0.25, 0.3) is 0 Å². The third-order valence-corrected chi connectivity index (χ3v) is 8.07. The van der Waals surface area contributed by atoms with Crippen LogP contribution in [0, 0.1) is 5.92 Å². The van der Waals surface area contributed by atoms with Crippen LogP contribution < -0.4 is 5.46 Å². The number of aliphatic hydroxyl groups is 1. The zero-order valence-electron chi connectivity index (χ0n) is 26.4. The molecule has 0 amide bonds. The van der Waals surface area contributed by atoms with Crippen molar-refractivity contribution in [3.63, 3.8) is 0 Å². The first-order chi connectivity index (χ1) is 21.6. The molecule has 8 heteroatoms. The summed E-state index contributed by atoms with van der Waals surface area (Å²) in [7, 11) is -1.27. The van der Waals surface area contributed by atoms with Crippen molar-refractivity contribution in [2.75, 3.05) is 6.61 Å². The fourth-order valence-electron chi connectivity index (χ4n) is 4.72. The van der Waals surface area contributed by atoms with Crippen LogP contribution in [-0.4, -0.2) is 41.5 Å².